The predicted octanol–water partition coefficient (Wildman–Crippen LogP) is 3.59. The number of hydrogen-bond acceptors (Lipinski definition) is 2. The number of rotatable bonds is 3. The summed E-state index contributed by atoms with van der Waals surface area (Å²) in [5.74, 6) is 0.855. The van der Waals surface area contributed by atoms with Gasteiger partial charge in [-0.15, -0.1) is 0 Å². The Balaban J connectivity index is 2.03. The zero-order valence-corrected chi connectivity index (χ0v) is 11.1. The maximum Gasteiger partial charge on any atom is 0.0600 e. The van der Waals surface area contributed by atoms with Crippen molar-refractivity contribution in [2.75, 3.05) is 24.2 Å². The fraction of sp³-hybridized carbons (Fsp3) is 0.600. The zero-order chi connectivity index (χ0) is 12.3. The summed E-state index contributed by atoms with van der Waals surface area (Å²) in [6.45, 7) is 3.22. The molecule has 0 amide bonds. The summed E-state index contributed by atoms with van der Waals surface area (Å²) in [7, 11) is 2.17. The van der Waals surface area contributed by atoms with Gasteiger partial charge in [-0.3, -0.25) is 0 Å². The van der Waals surface area contributed by atoms with E-state index < -0.39 is 0 Å². The van der Waals surface area contributed by atoms with Crippen LogP contribution < -0.4 is 10.6 Å². The third-order valence-electron chi connectivity index (χ3n) is 3.97. The van der Waals surface area contributed by atoms with Crippen molar-refractivity contribution < 1.29 is 0 Å². The van der Waals surface area contributed by atoms with Gasteiger partial charge in [0.15, 0.2) is 0 Å². The van der Waals surface area contributed by atoms with E-state index in [1.807, 2.05) is 0 Å². The highest BCUT2D eigenvalue weighted by molar-refractivity contribution is 5.70. The SMILES string of the molecule is Cc1cccc(N(C)CC2CCCCC2)c1N. The molecule has 0 aliphatic heterocycles. The molecule has 0 saturated heterocycles. The summed E-state index contributed by atoms with van der Waals surface area (Å²) in [5, 5.41) is 0. The molecule has 0 atom stereocenters. The topological polar surface area (TPSA) is 29.3 Å². The minimum Gasteiger partial charge on any atom is -0.397 e. The highest BCUT2D eigenvalue weighted by Gasteiger charge is 2.16. The van der Waals surface area contributed by atoms with Crippen molar-refractivity contribution >= 4 is 11.4 Å². The van der Waals surface area contributed by atoms with Crippen LogP contribution in [0.5, 0.6) is 0 Å². The first-order chi connectivity index (χ1) is 8.18. The van der Waals surface area contributed by atoms with Gasteiger partial charge in [0.25, 0.3) is 0 Å². The summed E-state index contributed by atoms with van der Waals surface area (Å²) in [5.41, 5.74) is 9.45. The number of hydrogen-bond donors (Lipinski definition) is 1. The van der Waals surface area contributed by atoms with E-state index in [9.17, 15) is 0 Å². The average molecular weight is 232 g/mol. The van der Waals surface area contributed by atoms with Crippen molar-refractivity contribution in [3.63, 3.8) is 0 Å². The average Bonchev–Trinajstić information content (AvgIpc) is 2.34. The third kappa shape index (κ3) is 2.93. The Morgan fingerprint density at radius 3 is 2.65 bits per heavy atom. The van der Waals surface area contributed by atoms with Crippen LogP contribution in [0.1, 0.15) is 37.7 Å². The van der Waals surface area contributed by atoms with Gasteiger partial charge in [0.05, 0.1) is 11.4 Å². The number of benzene rings is 1. The smallest absolute Gasteiger partial charge is 0.0600 e. The highest BCUT2D eigenvalue weighted by Crippen LogP contribution is 2.29. The summed E-state index contributed by atoms with van der Waals surface area (Å²) in [6, 6.07) is 6.30. The maximum atomic E-state index is 6.15. The first-order valence-corrected chi connectivity index (χ1v) is 6.74. The lowest BCUT2D eigenvalue weighted by Gasteiger charge is -2.29. The van der Waals surface area contributed by atoms with Gasteiger partial charge < -0.3 is 10.6 Å². The van der Waals surface area contributed by atoms with Crippen LogP contribution >= 0.6 is 0 Å². The van der Waals surface area contributed by atoms with E-state index in [1.165, 1.54) is 43.4 Å². The number of nitrogen functional groups attached to an aromatic ring is 1. The minimum absolute atomic E-state index is 0.855. The zero-order valence-electron chi connectivity index (χ0n) is 11.1. The maximum absolute atomic E-state index is 6.15. The number of anilines is 2. The molecule has 1 aliphatic carbocycles. The summed E-state index contributed by atoms with van der Waals surface area (Å²) >= 11 is 0. The minimum atomic E-state index is 0.855. The summed E-state index contributed by atoms with van der Waals surface area (Å²) < 4.78 is 0. The van der Waals surface area contributed by atoms with Crippen molar-refractivity contribution in [3.05, 3.63) is 23.8 Å². The molecule has 1 aromatic carbocycles. The molecule has 1 aliphatic rings. The molecular formula is C15H24N2. The molecule has 0 aromatic heterocycles. The molecule has 94 valence electrons. The van der Waals surface area contributed by atoms with Gasteiger partial charge >= 0.3 is 0 Å². The lowest BCUT2D eigenvalue weighted by Crippen LogP contribution is -2.27. The first kappa shape index (κ1) is 12.3. The fourth-order valence-corrected chi connectivity index (χ4v) is 2.85. The summed E-state index contributed by atoms with van der Waals surface area (Å²) in [4.78, 5) is 2.33. The Bertz CT molecular complexity index is 367. The van der Waals surface area contributed by atoms with Crippen molar-refractivity contribution in [2.45, 2.75) is 39.0 Å². The molecule has 0 bridgehead atoms. The number of aryl methyl sites for hydroxylation is 1. The van der Waals surface area contributed by atoms with Crippen LogP contribution in [0.2, 0.25) is 0 Å². The molecule has 17 heavy (non-hydrogen) atoms. The van der Waals surface area contributed by atoms with Crippen LogP contribution in [-0.2, 0) is 0 Å². The quantitative estimate of drug-likeness (QED) is 0.807. The van der Waals surface area contributed by atoms with Gasteiger partial charge in [-0.1, -0.05) is 31.4 Å². The van der Waals surface area contributed by atoms with E-state index in [0.29, 0.717) is 0 Å². The molecule has 2 nitrogen and oxygen atoms in total. The summed E-state index contributed by atoms with van der Waals surface area (Å²) in [6.07, 6.45) is 7.00. The lowest BCUT2D eigenvalue weighted by atomic mass is 9.89. The Kier molecular flexibility index (Phi) is 3.93. The Morgan fingerprint density at radius 2 is 1.94 bits per heavy atom. The second-order valence-corrected chi connectivity index (χ2v) is 5.39. The largest absolute Gasteiger partial charge is 0.397 e. The second kappa shape index (κ2) is 5.44. The van der Waals surface area contributed by atoms with Gasteiger partial charge in [0.2, 0.25) is 0 Å². The number of nitrogens with two attached hydrogens (primary N) is 1. The van der Waals surface area contributed by atoms with Gasteiger partial charge in [0.1, 0.15) is 0 Å². The molecule has 1 fully saturated rings. The molecule has 0 radical (unpaired) electrons. The van der Waals surface area contributed by atoms with Gasteiger partial charge in [0, 0.05) is 13.6 Å². The van der Waals surface area contributed by atoms with Crippen molar-refractivity contribution in [1.82, 2.24) is 0 Å². The van der Waals surface area contributed by atoms with Crippen LogP contribution in [0.4, 0.5) is 11.4 Å². The van der Waals surface area contributed by atoms with Crippen molar-refractivity contribution in [1.29, 1.82) is 0 Å². The molecule has 1 saturated carbocycles. The predicted molar refractivity (Wildman–Crippen MR) is 75.4 cm³/mol. The molecule has 2 N–H and O–H groups in total. The molecule has 0 heterocycles. The van der Waals surface area contributed by atoms with Crippen molar-refractivity contribution in [2.24, 2.45) is 5.92 Å². The monoisotopic (exact) mass is 232 g/mol. The van der Waals surface area contributed by atoms with Crippen LogP contribution in [0.15, 0.2) is 18.2 Å². The lowest BCUT2D eigenvalue weighted by molar-refractivity contribution is 0.362. The fourth-order valence-electron chi connectivity index (χ4n) is 2.85. The first-order valence-electron chi connectivity index (χ1n) is 6.74. The Hall–Kier alpha value is -1.18. The van der Waals surface area contributed by atoms with Crippen LogP contribution in [0.3, 0.4) is 0 Å². The van der Waals surface area contributed by atoms with Crippen molar-refractivity contribution in [3.8, 4) is 0 Å². The molecule has 1 aromatic rings. The highest BCUT2D eigenvalue weighted by atomic mass is 15.1. The standard InChI is InChI=1S/C15H24N2/c1-12-7-6-10-14(15(12)16)17(2)11-13-8-4-3-5-9-13/h6-7,10,13H,3-5,8-9,11,16H2,1-2H3. The third-order valence-corrected chi connectivity index (χ3v) is 3.97. The Morgan fingerprint density at radius 1 is 1.24 bits per heavy atom. The van der Waals surface area contributed by atoms with Crippen LogP contribution in [-0.4, -0.2) is 13.6 Å². The second-order valence-electron chi connectivity index (χ2n) is 5.39. The van der Waals surface area contributed by atoms with E-state index in [0.717, 1.165) is 18.2 Å². The normalized spacial score (nSPS) is 17.1. The van der Waals surface area contributed by atoms with E-state index in [1.54, 1.807) is 0 Å². The molecule has 0 unspecified atom stereocenters. The Labute approximate surface area is 105 Å². The van der Waals surface area contributed by atoms with E-state index in [2.05, 4.69) is 37.1 Å². The van der Waals surface area contributed by atoms with E-state index in [-0.39, 0.29) is 0 Å². The van der Waals surface area contributed by atoms with Gasteiger partial charge in [-0.05, 0) is 37.3 Å². The number of para-hydroxylation sites is 1. The van der Waals surface area contributed by atoms with Crippen LogP contribution in [0, 0.1) is 12.8 Å². The molecular weight excluding hydrogens is 208 g/mol. The molecule has 2 heteroatoms. The van der Waals surface area contributed by atoms with Crippen LogP contribution in [0.25, 0.3) is 0 Å². The van der Waals surface area contributed by atoms with E-state index in [4.69, 9.17) is 5.73 Å². The number of nitrogens with zero attached hydrogens (tertiary/aromatic N) is 1. The van der Waals surface area contributed by atoms with Gasteiger partial charge in [-0.2, -0.15) is 0 Å². The van der Waals surface area contributed by atoms with Gasteiger partial charge in [-0.25, -0.2) is 0 Å². The molecule has 0 spiro atoms. The molecule has 2 rings (SSSR count). The van der Waals surface area contributed by atoms with E-state index >= 15 is 0 Å².